The molecule has 1 aromatic heterocycles. The molecule has 106 valence electrons. The number of halogens is 1. The highest BCUT2D eigenvalue weighted by Crippen LogP contribution is 2.39. The summed E-state index contributed by atoms with van der Waals surface area (Å²) in [7, 11) is -3.67. The van der Waals surface area contributed by atoms with E-state index < -0.39 is 14.9 Å². The molecule has 1 atom stereocenters. The van der Waals surface area contributed by atoms with Crippen LogP contribution in [0.5, 0.6) is 0 Å². The molecule has 2 heterocycles. The zero-order valence-corrected chi connectivity index (χ0v) is 12.6. The molecule has 0 N–H and O–H groups in total. The van der Waals surface area contributed by atoms with Crippen LogP contribution < -0.4 is 0 Å². The molecule has 1 unspecified atom stereocenters. The second-order valence-electron chi connectivity index (χ2n) is 4.30. The van der Waals surface area contributed by atoms with Crippen LogP contribution in [0.25, 0.3) is 0 Å². The van der Waals surface area contributed by atoms with Crippen LogP contribution in [0.4, 0.5) is 5.69 Å². The van der Waals surface area contributed by atoms with Crippen molar-refractivity contribution in [3.8, 4) is 0 Å². The lowest BCUT2D eigenvalue weighted by Gasteiger charge is -2.21. The fraction of sp³-hybridized carbons (Fsp3) is 0.600. The maximum absolute atomic E-state index is 12.4. The molecule has 9 heteroatoms. The van der Waals surface area contributed by atoms with E-state index in [9.17, 15) is 18.5 Å². The lowest BCUT2D eigenvalue weighted by molar-refractivity contribution is -0.384. The molecule has 1 aliphatic rings. The normalized spacial score (nSPS) is 20.8. The summed E-state index contributed by atoms with van der Waals surface area (Å²) in [6.45, 7) is 2.40. The van der Waals surface area contributed by atoms with Crippen molar-refractivity contribution in [1.29, 1.82) is 0 Å². The molecule has 2 rings (SSSR count). The van der Waals surface area contributed by atoms with E-state index in [-0.39, 0.29) is 20.3 Å². The van der Waals surface area contributed by atoms with E-state index >= 15 is 0 Å². The first-order valence-electron chi connectivity index (χ1n) is 5.83. The van der Waals surface area contributed by atoms with E-state index in [0.717, 1.165) is 36.7 Å². The molecular formula is C10H13ClN2O4S2. The van der Waals surface area contributed by atoms with Gasteiger partial charge in [0.2, 0.25) is 0 Å². The highest BCUT2D eigenvalue weighted by molar-refractivity contribution is 7.91. The molecule has 1 saturated heterocycles. The standard InChI is InChI=1S/C10H13ClN2O4S2/c1-2-7-4-3-5-12(7)19(16,17)9-6-8(13(14)15)10(11)18-9/h6-7H,2-5H2,1H3. The second kappa shape index (κ2) is 5.35. The summed E-state index contributed by atoms with van der Waals surface area (Å²) in [5, 5.41) is 10.7. The molecule has 0 bridgehead atoms. The van der Waals surface area contributed by atoms with Gasteiger partial charge in [-0.05, 0) is 19.3 Å². The van der Waals surface area contributed by atoms with Gasteiger partial charge < -0.3 is 0 Å². The third kappa shape index (κ3) is 2.62. The zero-order chi connectivity index (χ0) is 14.2. The summed E-state index contributed by atoms with van der Waals surface area (Å²) >= 11 is 6.46. The van der Waals surface area contributed by atoms with Gasteiger partial charge in [-0.15, -0.1) is 11.3 Å². The van der Waals surface area contributed by atoms with Crippen molar-refractivity contribution in [3.63, 3.8) is 0 Å². The Hall–Kier alpha value is -0.700. The van der Waals surface area contributed by atoms with Crippen molar-refractivity contribution in [2.75, 3.05) is 6.54 Å². The number of nitrogens with zero attached hydrogens (tertiary/aromatic N) is 2. The molecule has 19 heavy (non-hydrogen) atoms. The topological polar surface area (TPSA) is 80.5 Å². The van der Waals surface area contributed by atoms with Crippen LogP contribution >= 0.6 is 22.9 Å². The number of sulfonamides is 1. The van der Waals surface area contributed by atoms with Gasteiger partial charge in [-0.1, -0.05) is 18.5 Å². The largest absolute Gasteiger partial charge is 0.300 e. The quantitative estimate of drug-likeness (QED) is 0.630. The van der Waals surface area contributed by atoms with Gasteiger partial charge in [0.15, 0.2) is 4.34 Å². The van der Waals surface area contributed by atoms with Crippen molar-refractivity contribution in [2.45, 2.75) is 36.4 Å². The van der Waals surface area contributed by atoms with Gasteiger partial charge >= 0.3 is 0 Å². The number of hydrogen-bond acceptors (Lipinski definition) is 5. The van der Waals surface area contributed by atoms with Crippen LogP contribution in [0.1, 0.15) is 26.2 Å². The molecular weight excluding hydrogens is 312 g/mol. The van der Waals surface area contributed by atoms with Crippen LogP contribution in [0, 0.1) is 10.1 Å². The Kier molecular flexibility index (Phi) is 4.14. The second-order valence-corrected chi connectivity index (χ2v) is 8.07. The Bertz CT molecular complexity index is 599. The number of nitro groups is 1. The molecule has 1 fully saturated rings. The molecule has 0 saturated carbocycles. The number of rotatable bonds is 4. The molecule has 0 aliphatic carbocycles. The van der Waals surface area contributed by atoms with Crippen LogP contribution in [0.15, 0.2) is 10.3 Å². The Morgan fingerprint density at radius 2 is 2.32 bits per heavy atom. The third-order valence-corrected chi connectivity index (χ3v) is 6.94. The fourth-order valence-electron chi connectivity index (χ4n) is 2.24. The molecule has 0 radical (unpaired) electrons. The van der Waals surface area contributed by atoms with Gasteiger partial charge in [0.1, 0.15) is 4.21 Å². The van der Waals surface area contributed by atoms with Crippen molar-refractivity contribution >= 4 is 38.6 Å². The minimum Gasteiger partial charge on any atom is -0.258 e. The van der Waals surface area contributed by atoms with Crippen molar-refractivity contribution in [2.24, 2.45) is 0 Å². The van der Waals surface area contributed by atoms with E-state index in [4.69, 9.17) is 11.6 Å². The summed E-state index contributed by atoms with van der Waals surface area (Å²) in [6.07, 6.45) is 2.39. The van der Waals surface area contributed by atoms with E-state index in [0.29, 0.717) is 6.54 Å². The smallest absolute Gasteiger partial charge is 0.258 e. The molecule has 0 aromatic carbocycles. The highest BCUT2D eigenvalue weighted by Gasteiger charge is 2.36. The van der Waals surface area contributed by atoms with Crippen LogP contribution in [-0.4, -0.2) is 30.2 Å². The number of thiophene rings is 1. The Morgan fingerprint density at radius 1 is 1.63 bits per heavy atom. The average molecular weight is 325 g/mol. The summed E-state index contributed by atoms with van der Waals surface area (Å²) in [5.41, 5.74) is -0.350. The summed E-state index contributed by atoms with van der Waals surface area (Å²) in [6, 6.07) is 1.03. The first-order valence-corrected chi connectivity index (χ1v) is 8.47. The maximum Gasteiger partial charge on any atom is 0.300 e. The summed E-state index contributed by atoms with van der Waals surface area (Å²) in [4.78, 5) is 10.1. The molecule has 6 nitrogen and oxygen atoms in total. The highest BCUT2D eigenvalue weighted by atomic mass is 35.5. The fourth-order valence-corrected chi connectivity index (χ4v) is 5.80. The van der Waals surface area contributed by atoms with Crippen LogP contribution in [0.2, 0.25) is 4.34 Å². The lowest BCUT2D eigenvalue weighted by Crippen LogP contribution is -2.34. The van der Waals surface area contributed by atoms with E-state index in [2.05, 4.69) is 0 Å². The summed E-state index contributed by atoms with van der Waals surface area (Å²) in [5.74, 6) is 0. The lowest BCUT2D eigenvalue weighted by atomic mass is 10.2. The van der Waals surface area contributed by atoms with E-state index in [1.54, 1.807) is 0 Å². The zero-order valence-electron chi connectivity index (χ0n) is 10.2. The van der Waals surface area contributed by atoms with Gasteiger partial charge in [-0.25, -0.2) is 8.42 Å². The van der Waals surface area contributed by atoms with Crippen molar-refractivity contribution in [1.82, 2.24) is 4.31 Å². The minimum atomic E-state index is -3.67. The minimum absolute atomic E-state index is 0.0232. The Balaban J connectivity index is 2.40. The van der Waals surface area contributed by atoms with Gasteiger partial charge in [0.05, 0.1) is 4.92 Å². The predicted octanol–water partition coefficient (Wildman–Crippen LogP) is 2.87. The first kappa shape index (κ1) is 14.7. The van der Waals surface area contributed by atoms with Gasteiger partial charge in [-0.3, -0.25) is 10.1 Å². The van der Waals surface area contributed by atoms with Gasteiger partial charge in [0.25, 0.3) is 15.7 Å². The monoisotopic (exact) mass is 324 g/mol. The third-order valence-electron chi connectivity index (χ3n) is 3.20. The predicted molar refractivity (Wildman–Crippen MR) is 73.2 cm³/mol. The molecule has 1 aromatic rings. The van der Waals surface area contributed by atoms with Crippen molar-refractivity contribution in [3.05, 3.63) is 20.5 Å². The van der Waals surface area contributed by atoms with Gasteiger partial charge in [-0.2, -0.15) is 4.31 Å². The van der Waals surface area contributed by atoms with E-state index in [1.165, 1.54) is 4.31 Å². The van der Waals surface area contributed by atoms with Crippen LogP contribution in [0.3, 0.4) is 0 Å². The van der Waals surface area contributed by atoms with E-state index in [1.807, 2.05) is 6.92 Å². The maximum atomic E-state index is 12.4. The Labute approximate surface area is 120 Å². The molecule has 0 spiro atoms. The number of hydrogen-bond donors (Lipinski definition) is 0. The average Bonchev–Trinajstić information content (AvgIpc) is 2.94. The molecule has 1 aliphatic heterocycles. The Morgan fingerprint density at radius 3 is 2.84 bits per heavy atom. The first-order chi connectivity index (χ1) is 8.87. The SMILES string of the molecule is CCC1CCCN1S(=O)(=O)c1cc([N+](=O)[O-])c(Cl)s1. The molecule has 0 amide bonds. The summed E-state index contributed by atoms with van der Waals surface area (Å²) < 4.78 is 26.2. The van der Waals surface area contributed by atoms with Crippen molar-refractivity contribution < 1.29 is 13.3 Å². The van der Waals surface area contributed by atoms with Crippen LogP contribution in [-0.2, 0) is 10.0 Å². The van der Waals surface area contributed by atoms with Gasteiger partial charge in [0, 0.05) is 18.7 Å².